The molecule has 1 aromatic rings. The average molecular weight is 936 g/mol. The van der Waals surface area contributed by atoms with Gasteiger partial charge < -0.3 is 66.2 Å². The van der Waals surface area contributed by atoms with Crippen LogP contribution in [-0.4, -0.2) is 180 Å². The van der Waals surface area contributed by atoms with E-state index in [9.17, 15) is 113 Å². The van der Waals surface area contributed by atoms with E-state index in [4.69, 9.17) is 9.47 Å². The molecule has 0 bridgehead atoms. The first-order valence-electron chi connectivity index (χ1n) is 17.6. The number of ether oxygens (including phenoxy) is 2. The minimum absolute atomic E-state index is 0.104. The number of benzene rings is 1. The second-order valence-electron chi connectivity index (χ2n) is 14.5. The summed E-state index contributed by atoms with van der Waals surface area (Å²) >= 11 is 0. The molecule has 0 spiro atoms. The van der Waals surface area contributed by atoms with E-state index in [1.165, 1.54) is 24.3 Å². The number of alkyl halides is 13. The first-order valence-corrected chi connectivity index (χ1v) is 17.6. The van der Waals surface area contributed by atoms with Gasteiger partial charge in [-0.05, 0) is 17.7 Å². The van der Waals surface area contributed by atoms with Crippen molar-refractivity contribution in [2.75, 3.05) is 19.8 Å². The number of aliphatic hydroxyl groups is 8. The Kier molecular flexibility index (Phi) is 17.6. The minimum atomic E-state index is -8.09. The Morgan fingerprint density at radius 3 is 1.85 bits per heavy atom. The van der Waals surface area contributed by atoms with Crippen molar-refractivity contribution in [3.05, 3.63) is 40.6 Å². The van der Waals surface area contributed by atoms with Gasteiger partial charge in [0.05, 0.1) is 19.8 Å². The second-order valence-corrected chi connectivity index (χ2v) is 14.5. The Balaban J connectivity index is 2.02. The van der Waals surface area contributed by atoms with Gasteiger partial charge in [-0.2, -0.15) is 57.1 Å². The number of hydroxylamine groups is 1. The molecule has 0 aromatic heterocycles. The molecule has 16 nitrogen and oxygen atoms in total. The molecule has 1 aliphatic heterocycles. The van der Waals surface area contributed by atoms with Gasteiger partial charge >= 0.3 is 35.8 Å². The first-order chi connectivity index (χ1) is 28.1. The van der Waals surface area contributed by atoms with Gasteiger partial charge in [-0.3, -0.25) is 9.59 Å². The molecule has 0 saturated carbocycles. The highest BCUT2D eigenvalue weighted by Crippen LogP contribution is 2.60. The summed E-state index contributed by atoms with van der Waals surface area (Å²) < 4.78 is 184. The van der Waals surface area contributed by atoms with Gasteiger partial charge in [0.2, 0.25) is 5.91 Å². The maximum atomic E-state index is 14.1. The Bertz CT molecular complexity index is 1690. The molecule has 2 rings (SSSR count). The zero-order valence-corrected chi connectivity index (χ0v) is 31.8. The van der Waals surface area contributed by atoms with Crippen LogP contribution in [0.1, 0.15) is 37.8 Å². The zero-order chi connectivity index (χ0) is 48.2. The van der Waals surface area contributed by atoms with E-state index >= 15 is 0 Å². The summed E-state index contributed by atoms with van der Waals surface area (Å²) in [6, 6.07) is 5.14. The fourth-order valence-electron chi connectivity index (χ4n) is 5.21. The number of hydrogen-bond donors (Lipinski definition) is 10. The molecule has 10 N–H and O–H groups in total. The molecule has 9 atom stereocenters. The number of amides is 2. The number of hydrogen-bond acceptors (Lipinski definition) is 13. The summed E-state index contributed by atoms with van der Waals surface area (Å²) in [5.41, 5.74) is -1.37. The van der Waals surface area contributed by atoms with Crippen LogP contribution >= 0.6 is 0 Å². The normalized spacial score (nSPS) is 23.3. The van der Waals surface area contributed by atoms with Crippen LogP contribution in [0.25, 0.3) is 0 Å². The van der Waals surface area contributed by atoms with Gasteiger partial charge in [0.15, 0.2) is 24.1 Å². The molecular formula is C33H42F13N3O13. The van der Waals surface area contributed by atoms with Gasteiger partial charge in [-0.15, -0.1) is 0 Å². The Morgan fingerprint density at radius 2 is 1.35 bits per heavy atom. The molecule has 358 valence electrons. The van der Waals surface area contributed by atoms with Crippen LogP contribution in [0.3, 0.4) is 0 Å². The highest BCUT2D eigenvalue weighted by atomic mass is 19.4. The van der Waals surface area contributed by atoms with E-state index in [1.54, 1.807) is 5.32 Å². The Morgan fingerprint density at radius 1 is 0.823 bits per heavy atom. The van der Waals surface area contributed by atoms with Crippen molar-refractivity contribution in [1.29, 1.82) is 0 Å². The largest absolute Gasteiger partial charge is 0.623 e. The summed E-state index contributed by atoms with van der Waals surface area (Å²) in [4.78, 5) is 24.7. The molecular weight excluding hydrogens is 893 g/mol. The number of carbonyl (C=O) groups excluding carboxylic acids is 2. The second kappa shape index (κ2) is 20.0. The van der Waals surface area contributed by atoms with Crippen molar-refractivity contribution in [1.82, 2.24) is 10.6 Å². The summed E-state index contributed by atoms with van der Waals surface area (Å²) in [7, 11) is 0. The average Bonchev–Trinajstić information content (AvgIpc) is 3.19. The zero-order valence-electron chi connectivity index (χ0n) is 31.8. The number of carbonyl (C=O) groups is 2. The molecule has 29 heteroatoms. The van der Waals surface area contributed by atoms with Crippen molar-refractivity contribution in [3.8, 4) is 0 Å². The fraction of sp³-hybridized carbons (Fsp3) is 0.727. The molecule has 1 aromatic carbocycles. The van der Waals surface area contributed by atoms with Crippen LogP contribution in [0, 0.1) is 5.21 Å². The molecule has 1 aliphatic rings. The monoisotopic (exact) mass is 935 g/mol. The third kappa shape index (κ3) is 11.5. The number of halogens is 13. The lowest BCUT2D eigenvalue weighted by atomic mass is 9.92. The predicted octanol–water partition coefficient (Wildman–Crippen LogP) is -0.0941. The van der Waals surface area contributed by atoms with E-state index in [1.807, 2.05) is 0 Å². The van der Waals surface area contributed by atoms with E-state index < -0.39 is 141 Å². The first kappa shape index (κ1) is 54.5. The summed E-state index contributed by atoms with van der Waals surface area (Å²) in [5.74, 6) is -41.0. The maximum Gasteiger partial charge on any atom is 0.460 e. The van der Waals surface area contributed by atoms with E-state index in [-0.39, 0.29) is 22.4 Å². The lowest BCUT2D eigenvalue weighted by Crippen LogP contribution is -2.70. The molecule has 1 fully saturated rings. The van der Waals surface area contributed by atoms with Gasteiger partial charge in [-0.25, -0.2) is 4.74 Å². The van der Waals surface area contributed by atoms with Crippen molar-refractivity contribution < 1.29 is 122 Å². The van der Waals surface area contributed by atoms with Crippen LogP contribution in [0.2, 0.25) is 0 Å². The van der Waals surface area contributed by atoms with Gasteiger partial charge in [0.1, 0.15) is 42.7 Å². The van der Waals surface area contributed by atoms with Gasteiger partial charge in [-0.1, -0.05) is 12.1 Å². The highest BCUT2D eigenvalue weighted by molar-refractivity contribution is 5.81. The Hall–Kier alpha value is -3.68. The molecule has 1 heterocycles. The van der Waals surface area contributed by atoms with E-state index in [0.717, 1.165) is 20.1 Å². The van der Waals surface area contributed by atoms with Crippen molar-refractivity contribution in [3.63, 3.8) is 0 Å². The number of rotatable bonds is 21. The minimum Gasteiger partial charge on any atom is -0.623 e. The molecule has 62 heavy (non-hydrogen) atoms. The Labute approximate surface area is 340 Å². The molecule has 0 unspecified atom stereocenters. The smallest absolute Gasteiger partial charge is 0.460 e. The number of nitrogens with zero attached hydrogens (tertiary/aromatic N) is 1. The van der Waals surface area contributed by atoms with Gasteiger partial charge in [0.25, 0.3) is 5.91 Å². The quantitative estimate of drug-likeness (QED) is 0.0255. The molecule has 0 aliphatic carbocycles. The molecule has 1 saturated heterocycles. The summed E-state index contributed by atoms with van der Waals surface area (Å²) in [5, 5.41) is 96.8. The van der Waals surface area contributed by atoms with E-state index in [2.05, 4.69) is 5.32 Å². The van der Waals surface area contributed by atoms with Crippen molar-refractivity contribution >= 4 is 18.0 Å². The molecule has 0 radical (unpaired) electrons. The van der Waals surface area contributed by atoms with Crippen LogP contribution in [-0.2, 0) is 25.6 Å². The van der Waals surface area contributed by atoms with Gasteiger partial charge in [0, 0.05) is 38.8 Å². The maximum absolute atomic E-state index is 14.1. The summed E-state index contributed by atoms with van der Waals surface area (Å²) in [6.45, 7) is -0.990. The fourth-order valence-corrected chi connectivity index (χ4v) is 5.21. The van der Waals surface area contributed by atoms with Crippen LogP contribution in [0.4, 0.5) is 57.1 Å². The third-order valence-corrected chi connectivity index (χ3v) is 9.33. The van der Waals surface area contributed by atoms with Crippen molar-refractivity contribution in [2.24, 2.45) is 0 Å². The van der Waals surface area contributed by atoms with Crippen molar-refractivity contribution in [2.45, 2.75) is 130 Å². The third-order valence-electron chi connectivity index (χ3n) is 9.33. The highest BCUT2D eigenvalue weighted by Gasteiger charge is 2.90. The predicted molar refractivity (Wildman–Crippen MR) is 178 cm³/mol. The lowest BCUT2D eigenvalue weighted by Gasteiger charge is -2.42. The number of nitrogens with one attached hydrogen (secondary N) is 2. The summed E-state index contributed by atoms with van der Waals surface area (Å²) in [6.07, 6.45) is -29.5. The van der Waals surface area contributed by atoms with Crippen LogP contribution in [0.5, 0.6) is 0 Å². The van der Waals surface area contributed by atoms with Crippen LogP contribution < -0.4 is 10.6 Å². The van der Waals surface area contributed by atoms with Crippen LogP contribution in [0.15, 0.2) is 24.3 Å². The SMILES string of the molecule is CC(C)(CNC(=O)CCC(F)(F)C(F)(F)C(F)(F)C(F)(F)C(F)(F)C(F)(F)F)/[N+]([O-])=C/c1ccc(CNC(=O)[C@H](O)[C@@H](O)[C@H](O[C@@H]2O[C@H](CO)[C@H](O)[C@H](O)[C@H]2O)[C@H](O)CO)cc1. The topological polar surface area (TPSA) is 265 Å². The standard InChI is InChI=1S/C33H42F13N3O13/c1-27(2,13-48-18(53)7-8-28(34,35)29(36,37)30(38,39)31(40,41)32(42,43)33(44,45)46)49(60)10-15-5-3-14(4-6-15)9-47-25(59)22(57)21(56)24(16(52)11-50)62-26-23(58)20(55)19(54)17(12-51)61-26/h3-6,10,16-17,19-24,26,50-52,54-58H,7-9,11-13H2,1-2H3,(H,47,59)(H,48,53)/b49-10-/t16-,17-,19+,20+,21-,22-,23-,24-,26+/m1/s1. The number of aliphatic hydroxyl groups excluding tert-OH is 8. The lowest BCUT2D eigenvalue weighted by molar-refractivity contribution is -0.533. The molecule has 2 amide bonds. The van der Waals surface area contributed by atoms with E-state index in [0.29, 0.717) is 0 Å².